The lowest BCUT2D eigenvalue weighted by Crippen LogP contribution is -2.17. The minimum atomic E-state index is -0.367. The summed E-state index contributed by atoms with van der Waals surface area (Å²) in [7, 11) is 0. The van der Waals surface area contributed by atoms with Crippen LogP contribution < -0.4 is 10.6 Å². The number of benzene rings is 2. The average Bonchev–Trinajstić information content (AvgIpc) is 2.35. The summed E-state index contributed by atoms with van der Waals surface area (Å²) in [4.78, 5) is 1.77. The van der Waals surface area contributed by atoms with Crippen LogP contribution in [0.25, 0.3) is 0 Å². The Morgan fingerprint density at radius 1 is 1.06 bits per heavy atom. The molecular weight excluding hydrogens is 234 g/mol. The first-order valence-electron chi connectivity index (χ1n) is 5.70. The molecule has 0 spiro atoms. The molecule has 0 fully saturated rings. The van der Waals surface area contributed by atoms with E-state index in [1.54, 1.807) is 17.0 Å². The van der Waals surface area contributed by atoms with Crippen LogP contribution in [0.2, 0.25) is 0 Å². The molecule has 94 valence electrons. The van der Waals surface area contributed by atoms with Crippen LogP contribution in [-0.4, -0.2) is 6.54 Å². The second-order valence-electron chi connectivity index (χ2n) is 3.93. The molecule has 0 saturated heterocycles. The van der Waals surface area contributed by atoms with E-state index in [1.807, 2.05) is 6.92 Å². The van der Waals surface area contributed by atoms with Crippen molar-refractivity contribution in [2.45, 2.75) is 6.92 Å². The third-order valence-corrected chi connectivity index (χ3v) is 2.72. The number of rotatable bonds is 3. The molecule has 4 heteroatoms. The monoisotopic (exact) mass is 248 g/mol. The van der Waals surface area contributed by atoms with Gasteiger partial charge in [-0.25, -0.2) is 8.78 Å². The number of hydrogen-bond donors (Lipinski definition) is 1. The molecular formula is C14H14F2N2. The maximum Gasteiger partial charge on any atom is 0.125 e. The smallest absolute Gasteiger partial charge is 0.125 e. The number of nitrogens with two attached hydrogens (primary N) is 1. The molecule has 0 aliphatic heterocycles. The fourth-order valence-electron chi connectivity index (χ4n) is 1.89. The van der Waals surface area contributed by atoms with Crippen LogP contribution >= 0.6 is 0 Å². The van der Waals surface area contributed by atoms with Gasteiger partial charge in [0.1, 0.15) is 11.6 Å². The van der Waals surface area contributed by atoms with Gasteiger partial charge in [0.25, 0.3) is 0 Å². The molecule has 0 unspecified atom stereocenters. The van der Waals surface area contributed by atoms with Crippen LogP contribution in [0.1, 0.15) is 6.92 Å². The number of halogens is 2. The van der Waals surface area contributed by atoms with Gasteiger partial charge < -0.3 is 10.6 Å². The van der Waals surface area contributed by atoms with Crippen molar-refractivity contribution in [3.05, 3.63) is 54.1 Å². The highest BCUT2D eigenvalue weighted by atomic mass is 19.1. The van der Waals surface area contributed by atoms with Crippen LogP contribution in [0.4, 0.5) is 25.8 Å². The van der Waals surface area contributed by atoms with Gasteiger partial charge in [-0.1, -0.05) is 6.07 Å². The van der Waals surface area contributed by atoms with Crippen molar-refractivity contribution in [2.24, 2.45) is 0 Å². The summed E-state index contributed by atoms with van der Waals surface area (Å²) in [6.07, 6.45) is 0. The zero-order chi connectivity index (χ0) is 13.1. The highest BCUT2D eigenvalue weighted by Crippen LogP contribution is 2.31. The van der Waals surface area contributed by atoms with E-state index in [2.05, 4.69) is 0 Å². The summed E-state index contributed by atoms with van der Waals surface area (Å²) >= 11 is 0. The van der Waals surface area contributed by atoms with Gasteiger partial charge in [0.05, 0.1) is 11.4 Å². The Labute approximate surface area is 105 Å². The zero-order valence-corrected chi connectivity index (χ0v) is 10.0. The first-order chi connectivity index (χ1) is 8.61. The Bertz CT molecular complexity index is 555. The van der Waals surface area contributed by atoms with Crippen molar-refractivity contribution in [1.29, 1.82) is 0 Å². The van der Waals surface area contributed by atoms with Gasteiger partial charge in [-0.15, -0.1) is 0 Å². The molecule has 0 bridgehead atoms. The van der Waals surface area contributed by atoms with Crippen molar-refractivity contribution in [3.8, 4) is 0 Å². The van der Waals surface area contributed by atoms with Gasteiger partial charge in [-0.2, -0.15) is 0 Å². The summed E-state index contributed by atoms with van der Waals surface area (Å²) in [6.45, 7) is 2.46. The SMILES string of the molecule is CCN(c1cccc(F)c1)c1cc(F)ccc1N. The van der Waals surface area contributed by atoms with E-state index in [-0.39, 0.29) is 11.6 Å². The average molecular weight is 248 g/mol. The molecule has 0 aromatic heterocycles. The van der Waals surface area contributed by atoms with Gasteiger partial charge in [-0.05, 0) is 43.3 Å². The minimum Gasteiger partial charge on any atom is -0.397 e. The number of anilines is 3. The molecule has 0 atom stereocenters. The lowest BCUT2D eigenvalue weighted by Gasteiger charge is -2.24. The second-order valence-corrected chi connectivity index (χ2v) is 3.93. The maximum absolute atomic E-state index is 13.3. The molecule has 2 aromatic rings. The van der Waals surface area contributed by atoms with Gasteiger partial charge in [0.15, 0.2) is 0 Å². The Morgan fingerprint density at radius 2 is 1.78 bits per heavy atom. The highest BCUT2D eigenvalue weighted by molar-refractivity contribution is 5.74. The standard InChI is InChI=1S/C14H14F2N2/c1-2-18(12-5-3-4-10(15)8-12)14-9-11(16)6-7-13(14)17/h3-9H,2,17H2,1H3. The summed E-state index contributed by atoms with van der Waals surface area (Å²) in [6, 6.07) is 10.3. The molecule has 2 nitrogen and oxygen atoms in total. The molecule has 2 N–H and O–H groups in total. The topological polar surface area (TPSA) is 29.3 Å². The Hall–Kier alpha value is -2.10. The molecule has 0 aliphatic rings. The first kappa shape index (κ1) is 12.4. The number of nitrogen functional groups attached to an aromatic ring is 1. The fraction of sp³-hybridized carbons (Fsp3) is 0.143. The molecule has 0 radical (unpaired) electrons. The van der Waals surface area contributed by atoms with Gasteiger partial charge in [0.2, 0.25) is 0 Å². The molecule has 2 rings (SSSR count). The highest BCUT2D eigenvalue weighted by Gasteiger charge is 2.11. The number of nitrogens with zero attached hydrogens (tertiary/aromatic N) is 1. The molecule has 0 heterocycles. The lowest BCUT2D eigenvalue weighted by atomic mass is 10.2. The van der Waals surface area contributed by atoms with Gasteiger partial charge in [-0.3, -0.25) is 0 Å². The quantitative estimate of drug-likeness (QED) is 0.839. The lowest BCUT2D eigenvalue weighted by molar-refractivity contribution is 0.626. The van der Waals surface area contributed by atoms with Crippen LogP contribution in [-0.2, 0) is 0 Å². The van der Waals surface area contributed by atoms with Crippen molar-refractivity contribution in [2.75, 3.05) is 17.2 Å². The Morgan fingerprint density at radius 3 is 2.44 bits per heavy atom. The number of hydrogen-bond acceptors (Lipinski definition) is 2. The summed E-state index contributed by atoms with van der Waals surface area (Å²) in [5, 5.41) is 0. The van der Waals surface area contributed by atoms with Gasteiger partial charge >= 0.3 is 0 Å². The molecule has 0 saturated carbocycles. The maximum atomic E-state index is 13.3. The van der Waals surface area contributed by atoms with E-state index in [0.717, 1.165) is 0 Å². The zero-order valence-electron chi connectivity index (χ0n) is 10.0. The van der Waals surface area contributed by atoms with Crippen molar-refractivity contribution < 1.29 is 8.78 Å². The summed E-state index contributed by atoms with van der Waals surface area (Å²) in [5.74, 6) is -0.699. The van der Waals surface area contributed by atoms with Crippen molar-refractivity contribution in [1.82, 2.24) is 0 Å². The molecule has 0 aliphatic carbocycles. The van der Waals surface area contributed by atoms with Crippen LogP contribution in [0.3, 0.4) is 0 Å². The molecule has 0 amide bonds. The Kier molecular flexibility index (Phi) is 3.46. The second kappa shape index (κ2) is 5.04. The van der Waals surface area contributed by atoms with Crippen LogP contribution in [0.5, 0.6) is 0 Å². The van der Waals surface area contributed by atoms with Crippen molar-refractivity contribution >= 4 is 17.1 Å². The van der Waals surface area contributed by atoms with E-state index in [9.17, 15) is 8.78 Å². The normalized spacial score (nSPS) is 10.4. The van der Waals surface area contributed by atoms with E-state index in [4.69, 9.17) is 5.73 Å². The van der Waals surface area contributed by atoms with Crippen molar-refractivity contribution in [3.63, 3.8) is 0 Å². The van der Waals surface area contributed by atoms with E-state index in [1.165, 1.54) is 30.3 Å². The molecule has 18 heavy (non-hydrogen) atoms. The third-order valence-electron chi connectivity index (χ3n) is 2.72. The molecule has 2 aromatic carbocycles. The van der Waals surface area contributed by atoms with E-state index < -0.39 is 0 Å². The third kappa shape index (κ3) is 2.42. The first-order valence-corrected chi connectivity index (χ1v) is 5.70. The summed E-state index contributed by atoms with van der Waals surface area (Å²) < 4.78 is 26.5. The Balaban J connectivity index is 2.48. The fourth-order valence-corrected chi connectivity index (χ4v) is 1.89. The van der Waals surface area contributed by atoms with E-state index in [0.29, 0.717) is 23.6 Å². The minimum absolute atomic E-state index is 0.332. The predicted molar refractivity (Wildman–Crippen MR) is 69.9 cm³/mol. The van der Waals surface area contributed by atoms with Crippen LogP contribution in [0, 0.1) is 11.6 Å². The van der Waals surface area contributed by atoms with E-state index >= 15 is 0 Å². The predicted octanol–water partition coefficient (Wildman–Crippen LogP) is 3.71. The largest absolute Gasteiger partial charge is 0.397 e. The van der Waals surface area contributed by atoms with Crippen LogP contribution in [0.15, 0.2) is 42.5 Å². The summed E-state index contributed by atoms with van der Waals surface area (Å²) in [5.41, 5.74) is 7.49. The van der Waals surface area contributed by atoms with Gasteiger partial charge in [0, 0.05) is 12.2 Å².